The van der Waals surface area contributed by atoms with E-state index in [9.17, 15) is 0 Å². The lowest BCUT2D eigenvalue weighted by molar-refractivity contribution is -0.0318. The maximum atomic E-state index is 6.03. The fourth-order valence-corrected chi connectivity index (χ4v) is 3.49. The van der Waals surface area contributed by atoms with Crippen LogP contribution >= 0.6 is 0 Å². The highest BCUT2D eigenvalue weighted by molar-refractivity contribution is 5.79. The van der Waals surface area contributed by atoms with E-state index in [2.05, 4.69) is 22.5 Å². The standard InChI is InChI=1S/C20H39N3O3/c1-2-21-20(22-12-7-14-25-19-10-15-24-16-11-19)23-13-17-26-18-8-5-3-4-6-9-18/h18-19H,2-17H2,1H3,(H2,21,22,23). The molecule has 6 nitrogen and oxygen atoms in total. The van der Waals surface area contributed by atoms with Crippen LogP contribution in [-0.2, 0) is 14.2 Å². The molecule has 26 heavy (non-hydrogen) atoms. The summed E-state index contributed by atoms with van der Waals surface area (Å²) in [4.78, 5) is 4.63. The first-order valence-corrected chi connectivity index (χ1v) is 10.7. The van der Waals surface area contributed by atoms with Gasteiger partial charge in [0.25, 0.3) is 0 Å². The minimum Gasteiger partial charge on any atom is -0.381 e. The van der Waals surface area contributed by atoms with Crippen LogP contribution in [0.15, 0.2) is 4.99 Å². The average Bonchev–Trinajstić information content (AvgIpc) is 2.94. The van der Waals surface area contributed by atoms with Crippen molar-refractivity contribution >= 4 is 5.96 Å². The van der Waals surface area contributed by atoms with Crippen LogP contribution in [0.3, 0.4) is 0 Å². The second kappa shape index (κ2) is 14.2. The summed E-state index contributed by atoms with van der Waals surface area (Å²) in [5.41, 5.74) is 0. The normalized spacial score (nSPS) is 20.7. The Bertz CT molecular complexity index is 365. The van der Waals surface area contributed by atoms with Crippen LogP contribution < -0.4 is 10.6 Å². The highest BCUT2D eigenvalue weighted by Gasteiger charge is 2.13. The van der Waals surface area contributed by atoms with Crippen molar-refractivity contribution in [2.24, 2.45) is 4.99 Å². The zero-order valence-corrected chi connectivity index (χ0v) is 16.6. The molecule has 0 spiro atoms. The van der Waals surface area contributed by atoms with Gasteiger partial charge in [0.1, 0.15) is 0 Å². The smallest absolute Gasteiger partial charge is 0.191 e. The Morgan fingerprint density at radius 3 is 2.35 bits per heavy atom. The second-order valence-corrected chi connectivity index (χ2v) is 7.21. The van der Waals surface area contributed by atoms with Crippen molar-refractivity contribution in [3.8, 4) is 0 Å². The SMILES string of the molecule is CCNC(=NCCCOC1CCOCC1)NCCOC1CCCCCC1. The lowest BCUT2D eigenvalue weighted by atomic mass is 10.1. The highest BCUT2D eigenvalue weighted by atomic mass is 16.5. The van der Waals surface area contributed by atoms with Crippen molar-refractivity contribution in [2.45, 2.75) is 76.9 Å². The molecule has 2 N–H and O–H groups in total. The van der Waals surface area contributed by atoms with E-state index in [0.29, 0.717) is 12.2 Å². The Hall–Kier alpha value is -0.850. The third-order valence-corrected chi connectivity index (χ3v) is 4.99. The van der Waals surface area contributed by atoms with E-state index in [-0.39, 0.29) is 0 Å². The van der Waals surface area contributed by atoms with E-state index in [1.807, 2.05) is 0 Å². The Labute approximate surface area is 159 Å². The number of guanidine groups is 1. The van der Waals surface area contributed by atoms with Crippen molar-refractivity contribution in [3.63, 3.8) is 0 Å². The number of aliphatic imine (C=N–C) groups is 1. The summed E-state index contributed by atoms with van der Waals surface area (Å²) in [5.74, 6) is 0.878. The summed E-state index contributed by atoms with van der Waals surface area (Å²) in [7, 11) is 0. The molecule has 2 fully saturated rings. The van der Waals surface area contributed by atoms with E-state index in [0.717, 1.165) is 71.3 Å². The number of hydrogen-bond acceptors (Lipinski definition) is 4. The average molecular weight is 370 g/mol. The third-order valence-electron chi connectivity index (χ3n) is 4.99. The molecular weight excluding hydrogens is 330 g/mol. The van der Waals surface area contributed by atoms with Gasteiger partial charge in [0.2, 0.25) is 0 Å². The minimum absolute atomic E-state index is 0.375. The van der Waals surface area contributed by atoms with Crippen molar-refractivity contribution in [3.05, 3.63) is 0 Å². The maximum absolute atomic E-state index is 6.03. The first-order valence-electron chi connectivity index (χ1n) is 10.7. The van der Waals surface area contributed by atoms with Crippen LogP contribution in [0.5, 0.6) is 0 Å². The third kappa shape index (κ3) is 9.74. The summed E-state index contributed by atoms with van der Waals surface area (Å²) < 4.78 is 17.3. The number of nitrogens with one attached hydrogen (secondary N) is 2. The summed E-state index contributed by atoms with van der Waals surface area (Å²) in [5, 5.41) is 6.67. The molecule has 1 aliphatic heterocycles. The Morgan fingerprint density at radius 1 is 0.923 bits per heavy atom. The van der Waals surface area contributed by atoms with Gasteiger partial charge < -0.3 is 24.8 Å². The molecule has 1 heterocycles. The number of nitrogens with zero attached hydrogens (tertiary/aromatic N) is 1. The van der Waals surface area contributed by atoms with E-state index in [4.69, 9.17) is 14.2 Å². The van der Waals surface area contributed by atoms with Gasteiger partial charge in [0.15, 0.2) is 5.96 Å². The first-order chi connectivity index (χ1) is 12.9. The van der Waals surface area contributed by atoms with E-state index < -0.39 is 0 Å². The molecule has 1 saturated carbocycles. The molecule has 0 aromatic rings. The van der Waals surface area contributed by atoms with Gasteiger partial charge in [-0.3, -0.25) is 4.99 Å². The molecule has 1 saturated heterocycles. The molecule has 2 aliphatic rings. The molecule has 0 radical (unpaired) electrons. The van der Waals surface area contributed by atoms with Gasteiger partial charge in [-0.1, -0.05) is 25.7 Å². The lowest BCUT2D eigenvalue weighted by Gasteiger charge is -2.22. The molecule has 1 aliphatic carbocycles. The van der Waals surface area contributed by atoms with Gasteiger partial charge in [-0.15, -0.1) is 0 Å². The van der Waals surface area contributed by atoms with E-state index >= 15 is 0 Å². The summed E-state index contributed by atoms with van der Waals surface area (Å²) in [6.07, 6.45) is 11.6. The number of hydrogen-bond donors (Lipinski definition) is 2. The zero-order chi connectivity index (χ0) is 18.3. The molecular formula is C20H39N3O3. The van der Waals surface area contributed by atoms with Gasteiger partial charge in [0.05, 0.1) is 18.8 Å². The van der Waals surface area contributed by atoms with E-state index in [1.165, 1.54) is 38.5 Å². The zero-order valence-electron chi connectivity index (χ0n) is 16.6. The fourth-order valence-electron chi connectivity index (χ4n) is 3.49. The topological polar surface area (TPSA) is 64.1 Å². The minimum atomic E-state index is 0.375. The largest absolute Gasteiger partial charge is 0.381 e. The first kappa shape index (κ1) is 21.5. The van der Waals surface area contributed by atoms with Crippen LogP contribution in [-0.4, -0.2) is 64.2 Å². The second-order valence-electron chi connectivity index (χ2n) is 7.21. The summed E-state index contributed by atoms with van der Waals surface area (Å²) in [6, 6.07) is 0. The molecule has 0 aromatic heterocycles. The van der Waals surface area contributed by atoms with Crippen LogP contribution in [0.25, 0.3) is 0 Å². The molecule has 152 valence electrons. The van der Waals surface area contributed by atoms with Crippen molar-refractivity contribution in [1.82, 2.24) is 10.6 Å². The van der Waals surface area contributed by atoms with Crippen molar-refractivity contribution < 1.29 is 14.2 Å². The Morgan fingerprint density at radius 2 is 1.62 bits per heavy atom. The highest BCUT2D eigenvalue weighted by Crippen LogP contribution is 2.19. The monoisotopic (exact) mass is 369 g/mol. The van der Waals surface area contributed by atoms with Crippen LogP contribution in [0.2, 0.25) is 0 Å². The Balaban J connectivity index is 1.53. The quantitative estimate of drug-likeness (QED) is 0.268. The predicted molar refractivity (Wildman–Crippen MR) is 106 cm³/mol. The maximum Gasteiger partial charge on any atom is 0.191 e. The molecule has 0 aromatic carbocycles. The molecule has 2 rings (SSSR count). The summed E-state index contributed by atoms with van der Waals surface area (Å²) >= 11 is 0. The molecule has 0 amide bonds. The van der Waals surface area contributed by atoms with Crippen LogP contribution in [0.1, 0.15) is 64.7 Å². The van der Waals surface area contributed by atoms with Gasteiger partial charge in [0, 0.05) is 39.5 Å². The lowest BCUT2D eigenvalue weighted by Crippen LogP contribution is -2.39. The summed E-state index contributed by atoms with van der Waals surface area (Å²) in [6.45, 7) is 7.74. The Kier molecular flexibility index (Phi) is 11.7. The van der Waals surface area contributed by atoms with Crippen LogP contribution in [0, 0.1) is 0 Å². The molecule has 0 atom stereocenters. The number of rotatable bonds is 10. The van der Waals surface area contributed by atoms with Crippen molar-refractivity contribution in [1.29, 1.82) is 0 Å². The molecule has 0 bridgehead atoms. The van der Waals surface area contributed by atoms with Crippen molar-refractivity contribution in [2.75, 3.05) is 46.1 Å². The number of ether oxygens (including phenoxy) is 3. The van der Waals surface area contributed by atoms with Gasteiger partial charge >= 0.3 is 0 Å². The molecule has 0 unspecified atom stereocenters. The van der Waals surface area contributed by atoms with Crippen LogP contribution in [0.4, 0.5) is 0 Å². The van der Waals surface area contributed by atoms with Gasteiger partial charge in [-0.05, 0) is 39.0 Å². The predicted octanol–water partition coefficient (Wildman–Crippen LogP) is 2.87. The molecule has 6 heteroatoms. The van der Waals surface area contributed by atoms with Gasteiger partial charge in [-0.2, -0.15) is 0 Å². The van der Waals surface area contributed by atoms with E-state index in [1.54, 1.807) is 0 Å². The van der Waals surface area contributed by atoms with Gasteiger partial charge in [-0.25, -0.2) is 0 Å². The fraction of sp³-hybridized carbons (Fsp3) is 0.950.